The van der Waals surface area contributed by atoms with E-state index < -0.39 is 5.97 Å². The van der Waals surface area contributed by atoms with Crippen molar-refractivity contribution < 1.29 is 19.2 Å². The summed E-state index contributed by atoms with van der Waals surface area (Å²) >= 11 is 2.30. The van der Waals surface area contributed by atoms with Crippen LogP contribution >= 0.6 is 22.6 Å². The number of halogens is 1. The van der Waals surface area contributed by atoms with E-state index in [2.05, 4.69) is 38.0 Å². The quantitative estimate of drug-likeness (QED) is 0.152. The van der Waals surface area contributed by atoms with Gasteiger partial charge in [0.2, 0.25) is 5.91 Å². The number of benzene rings is 2. The lowest BCUT2D eigenvalue weighted by molar-refractivity contribution is -0.141. The van der Waals surface area contributed by atoms with Gasteiger partial charge in [0.05, 0.1) is 4.05 Å². The second-order valence-electron chi connectivity index (χ2n) is 8.08. The molecular formula is C24H25IN4O4. The van der Waals surface area contributed by atoms with Gasteiger partial charge in [-0.25, -0.2) is 4.79 Å². The molecular weight excluding hydrogens is 535 g/mol. The number of hydrogen-bond donors (Lipinski definition) is 1. The molecule has 0 aromatic heterocycles. The van der Waals surface area contributed by atoms with E-state index in [-0.39, 0.29) is 15.9 Å². The number of oxime groups is 1. The number of carbonyl (C=O) groups excluding carboxylic acids is 3. The average Bonchev–Trinajstić information content (AvgIpc) is 2.81. The highest BCUT2D eigenvalue weighted by molar-refractivity contribution is 14.1. The van der Waals surface area contributed by atoms with E-state index in [1.165, 1.54) is 6.92 Å². The summed E-state index contributed by atoms with van der Waals surface area (Å²) in [5, 5.41) is 6.93. The van der Waals surface area contributed by atoms with Crippen molar-refractivity contribution in [3.63, 3.8) is 0 Å². The molecule has 0 radical (unpaired) electrons. The van der Waals surface area contributed by atoms with Crippen molar-refractivity contribution in [1.82, 2.24) is 9.80 Å². The highest BCUT2D eigenvalue weighted by atomic mass is 127. The van der Waals surface area contributed by atoms with E-state index in [1.807, 2.05) is 47.4 Å². The fourth-order valence-corrected chi connectivity index (χ4v) is 5.07. The van der Waals surface area contributed by atoms with Crippen molar-refractivity contribution in [1.29, 1.82) is 0 Å². The minimum absolute atomic E-state index is 0.00869. The lowest BCUT2D eigenvalue weighted by Crippen LogP contribution is -2.53. The number of alkyl halides is 1. The van der Waals surface area contributed by atoms with Crippen molar-refractivity contribution in [3.8, 4) is 0 Å². The summed E-state index contributed by atoms with van der Waals surface area (Å²) in [5.41, 5.74) is 3.99. The second kappa shape index (κ2) is 10.4. The molecule has 1 fully saturated rings. The van der Waals surface area contributed by atoms with Crippen LogP contribution in [0.5, 0.6) is 0 Å². The molecule has 2 aromatic carbocycles. The van der Waals surface area contributed by atoms with Gasteiger partial charge < -0.3 is 15.1 Å². The Morgan fingerprint density at radius 3 is 2.64 bits per heavy atom. The fourth-order valence-electron chi connectivity index (χ4n) is 3.98. The molecule has 2 amide bonds. The molecule has 172 valence electrons. The zero-order valence-electron chi connectivity index (χ0n) is 18.3. The molecule has 1 N–H and O–H groups in total. The molecule has 0 aliphatic carbocycles. The van der Waals surface area contributed by atoms with E-state index in [0.29, 0.717) is 50.3 Å². The molecule has 1 atom stereocenters. The zero-order chi connectivity index (χ0) is 23.4. The summed E-state index contributed by atoms with van der Waals surface area (Å²) in [4.78, 5) is 45.1. The van der Waals surface area contributed by atoms with Crippen LogP contribution < -0.4 is 5.32 Å². The largest absolute Gasteiger partial charge is 0.331 e. The fraction of sp³-hybridized carbons (Fsp3) is 0.333. The van der Waals surface area contributed by atoms with Gasteiger partial charge in [0.25, 0.3) is 5.91 Å². The third kappa shape index (κ3) is 5.77. The van der Waals surface area contributed by atoms with Gasteiger partial charge in [0.1, 0.15) is 5.71 Å². The molecule has 2 aliphatic rings. The van der Waals surface area contributed by atoms with Crippen LogP contribution in [-0.4, -0.2) is 63.5 Å². The van der Waals surface area contributed by atoms with Gasteiger partial charge in [0.15, 0.2) is 0 Å². The first-order valence-electron chi connectivity index (χ1n) is 10.8. The van der Waals surface area contributed by atoms with Crippen LogP contribution in [0.25, 0.3) is 0 Å². The standard InChI is InChI=1S/C24H25IN4O4/c1-16(30)33-27-21(17-5-3-2-4-6-17)14-28-11-12-29(22(25)15-28)24(32)19-7-9-20-18(13-19)8-10-23(31)26-20/h2-7,9,13,22H,8,10-12,14-15H2,1H3,(H,26,31). The molecule has 2 aliphatic heterocycles. The topological polar surface area (TPSA) is 91.3 Å². The average molecular weight is 560 g/mol. The summed E-state index contributed by atoms with van der Waals surface area (Å²) in [6.45, 7) is 3.76. The van der Waals surface area contributed by atoms with Gasteiger partial charge in [-0.1, -0.05) is 58.1 Å². The van der Waals surface area contributed by atoms with Crippen LogP contribution in [0.1, 0.15) is 34.8 Å². The number of hydrogen-bond acceptors (Lipinski definition) is 6. The monoisotopic (exact) mass is 560 g/mol. The van der Waals surface area contributed by atoms with Crippen molar-refractivity contribution >= 4 is 51.8 Å². The van der Waals surface area contributed by atoms with Crippen molar-refractivity contribution in [2.24, 2.45) is 5.16 Å². The van der Waals surface area contributed by atoms with Crippen LogP contribution in [0.15, 0.2) is 53.7 Å². The van der Waals surface area contributed by atoms with E-state index in [4.69, 9.17) is 4.84 Å². The van der Waals surface area contributed by atoms with Crippen molar-refractivity contribution in [2.75, 3.05) is 31.5 Å². The van der Waals surface area contributed by atoms with E-state index in [0.717, 1.165) is 16.8 Å². The highest BCUT2D eigenvalue weighted by Gasteiger charge is 2.30. The molecule has 8 nitrogen and oxygen atoms in total. The van der Waals surface area contributed by atoms with Gasteiger partial charge in [-0.05, 0) is 30.2 Å². The number of nitrogens with zero attached hydrogens (tertiary/aromatic N) is 3. The molecule has 2 aromatic rings. The molecule has 4 rings (SSSR count). The molecule has 0 spiro atoms. The van der Waals surface area contributed by atoms with Gasteiger partial charge in [-0.3, -0.25) is 14.5 Å². The number of fused-ring (bicyclic) bond motifs is 1. The molecule has 0 bridgehead atoms. The Morgan fingerprint density at radius 2 is 1.91 bits per heavy atom. The Bertz CT molecular complexity index is 1090. The lowest BCUT2D eigenvalue weighted by atomic mass is 10.00. The number of anilines is 1. The zero-order valence-corrected chi connectivity index (χ0v) is 20.4. The third-order valence-corrected chi connectivity index (χ3v) is 6.74. The summed E-state index contributed by atoms with van der Waals surface area (Å²) in [7, 11) is 0. The van der Waals surface area contributed by atoms with Crippen LogP contribution in [0.2, 0.25) is 0 Å². The number of piperazine rings is 1. The molecule has 1 saturated heterocycles. The first-order chi connectivity index (χ1) is 15.9. The predicted molar refractivity (Wildman–Crippen MR) is 133 cm³/mol. The van der Waals surface area contributed by atoms with Crippen LogP contribution in [0, 0.1) is 0 Å². The number of carbonyl (C=O) groups is 3. The third-order valence-electron chi connectivity index (χ3n) is 5.68. The summed E-state index contributed by atoms with van der Waals surface area (Å²) in [6.07, 6.45) is 1.09. The van der Waals surface area contributed by atoms with Gasteiger partial charge >= 0.3 is 5.97 Å². The second-order valence-corrected chi connectivity index (χ2v) is 9.51. The van der Waals surface area contributed by atoms with Crippen LogP contribution in [0.3, 0.4) is 0 Å². The smallest absolute Gasteiger partial charge is 0.326 e. The van der Waals surface area contributed by atoms with E-state index in [1.54, 1.807) is 6.07 Å². The van der Waals surface area contributed by atoms with E-state index in [9.17, 15) is 14.4 Å². The normalized spacial score (nSPS) is 19.0. The lowest BCUT2D eigenvalue weighted by Gasteiger charge is -2.39. The van der Waals surface area contributed by atoms with Crippen molar-refractivity contribution in [3.05, 3.63) is 65.2 Å². The van der Waals surface area contributed by atoms with Gasteiger partial charge in [-0.15, -0.1) is 0 Å². The number of nitrogens with one attached hydrogen (secondary N) is 1. The molecule has 9 heteroatoms. The Balaban J connectivity index is 1.42. The highest BCUT2D eigenvalue weighted by Crippen LogP contribution is 2.26. The SMILES string of the molecule is CC(=O)ON=C(CN1CCN(C(=O)c2ccc3c(c2)CCC(=O)N3)C(I)C1)c1ccccc1. The Morgan fingerprint density at radius 1 is 1.12 bits per heavy atom. The minimum atomic E-state index is -0.463. The molecule has 1 unspecified atom stereocenters. The van der Waals surface area contributed by atoms with Gasteiger partial charge in [-0.2, -0.15) is 0 Å². The van der Waals surface area contributed by atoms with Crippen LogP contribution in [-0.2, 0) is 20.8 Å². The maximum atomic E-state index is 13.2. The number of aryl methyl sites for hydroxylation is 1. The van der Waals surface area contributed by atoms with Crippen LogP contribution in [0.4, 0.5) is 5.69 Å². The Kier molecular flexibility index (Phi) is 7.39. The summed E-state index contributed by atoms with van der Waals surface area (Å²) in [5.74, 6) is -0.460. The number of amides is 2. The summed E-state index contributed by atoms with van der Waals surface area (Å²) in [6, 6.07) is 15.1. The predicted octanol–water partition coefficient (Wildman–Crippen LogP) is 3.06. The summed E-state index contributed by atoms with van der Waals surface area (Å²) < 4.78 is -0.0228. The Hall–Kier alpha value is -2.79. The Labute approximate surface area is 206 Å². The maximum Gasteiger partial charge on any atom is 0.331 e. The van der Waals surface area contributed by atoms with E-state index >= 15 is 0 Å². The van der Waals surface area contributed by atoms with Crippen molar-refractivity contribution in [2.45, 2.75) is 23.8 Å². The van der Waals surface area contributed by atoms with Gasteiger partial charge in [0, 0.05) is 56.3 Å². The first kappa shape index (κ1) is 23.4. The molecule has 2 heterocycles. The molecule has 0 saturated carbocycles. The number of rotatable bonds is 5. The first-order valence-corrected chi connectivity index (χ1v) is 12.1. The maximum absolute atomic E-state index is 13.2. The minimum Gasteiger partial charge on any atom is -0.326 e. The molecule has 33 heavy (non-hydrogen) atoms.